The summed E-state index contributed by atoms with van der Waals surface area (Å²) in [5.74, 6) is 0.697. The largest absolute Gasteiger partial charge is 0.337 e. The molecule has 1 aromatic rings. The molecule has 2 rings (SSSR count). The first-order valence-corrected chi connectivity index (χ1v) is 5.17. The van der Waals surface area contributed by atoms with Crippen LogP contribution in [0, 0.1) is 5.92 Å². The molecule has 0 bridgehead atoms. The first-order valence-electron chi connectivity index (χ1n) is 5.17. The van der Waals surface area contributed by atoms with E-state index < -0.39 is 0 Å². The van der Waals surface area contributed by atoms with Crippen LogP contribution < -0.4 is 5.73 Å². The number of nitrogens with zero attached hydrogens (tertiary/aromatic N) is 3. The molecule has 0 aromatic carbocycles. The second kappa shape index (κ2) is 4.11. The van der Waals surface area contributed by atoms with Crippen LogP contribution in [0.2, 0.25) is 0 Å². The van der Waals surface area contributed by atoms with Crippen LogP contribution in [0.5, 0.6) is 0 Å². The SMILES string of the molecule is Cn1cncc1CN1CCC(CN)C1. The van der Waals surface area contributed by atoms with Gasteiger partial charge in [0.15, 0.2) is 0 Å². The molecule has 0 aliphatic carbocycles. The highest BCUT2D eigenvalue weighted by Crippen LogP contribution is 2.16. The number of aryl methyl sites for hydroxylation is 1. The predicted molar refractivity (Wildman–Crippen MR) is 55.6 cm³/mol. The van der Waals surface area contributed by atoms with Crippen molar-refractivity contribution in [2.45, 2.75) is 13.0 Å². The van der Waals surface area contributed by atoms with Gasteiger partial charge < -0.3 is 10.3 Å². The maximum absolute atomic E-state index is 5.66. The standard InChI is InChI=1S/C10H18N4/c1-13-8-12-5-10(13)7-14-3-2-9(4-11)6-14/h5,8-9H,2-4,6-7,11H2,1H3. The Morgan fingerprint density at radius 1 is 1.64 bits per heavy atom. The Kier molecular flexibility index (Phi) is 2.84. The van der Waals surface area contributed by atoms with Crippen molar-refractivity contribution in [1.29, 1.82) is 0 Å². The quantitative estimate of drug-likeness (QED) is 0.747. The van der Waals surface area contributed by atoms with Crippen LogP contribution in [0.1, 0.15) is 12.1 Å². The molecule has 0 amide bonds. The lowest BCUT2D eigenvalue weighted by Crippen LogP contribution is -2.23. The average molecular weight is 194 g/mol. The Bertz CT molecular complexity index is 294. The molecule has 2 N–H and O–H groups in total. The lowest BCUT2D eigenvalue weighted by atomic mass is 10.1. The normalized spacial score (nSPS) is 23.1. The fourth-order valence-corrected chi connectivity index (χ4v) is 2.01. The summed E-state index contributed by atoms with van der Waals surface area (Å²) in [5, 5.41) is 0. The van der Waals surface area contributed by atoms with E-state index in [1.54, 1.807) is 0 Å². The number of likely N-dealkylation sites (tertiary alicyclic amines) is 1. The van der Waals surface area contributed by atoms with Gasteiger partial charge in [0.25, 0.3) is 0 Å². The average Bonchev–Trinajstić information content (AvgIpc) is 2.77. The molecule has 0 radical (unpaired) electrons. The Labute approximate surface area is 84.7 Å². The summed E-state index contributed by atoms with van der Waals surface area (Å²) in [7, 11) is 2.04. The lowest BCUT2D eigenvalue weighted by molar-refractivity contribution is 0.310. The smallest absolute Gasteiger partial charge is 0.0945 e. The zero-order valence-electron chi connectivity index (χ0n) is 8.69. The van der Waals surface area contributed by atoms with Crippen molar-refractivity contribution < 1.29 is 0 Å². The van der Waals surface area contributed by atoms with E-state index in [1.165, 1.54) is 18.7 Å². The number of hydrogen-bond acceptors (Lipinski definition) is 3. The van der Waals surface area contributed by atoms with Gasteiger partial charge in [-0.05, 0) is 25.4 Å². The fourth-order valence-electron chi connectivity index (χ4n) is 2.01. The first kappa shape index (κ1) is 9.68. The van der Waals surface area contributed by atoms with Crippen LogP contribution in [0.25, 0.3) is 0 Å². The second-order valence-corrected chi connectivity index (χ2v) is 4.12. The van der Waals surface area contributed by atoms with Crippen molar-refractivity contribution in [2.75, 3.05) is 19.6 Å². The molecule has 0 spiro atoms. The van der Waals surface area contributed by atoms with Gasteiger partial charge in [-0.25, -0.2) is 4.98 Å². The van der Waals surface area contributed by atoms with Gasteiger partial charge in [0.05, 0.1) is 12.0 Å². The summed E-state index contributed by atoms with van der Waals surface area (Å²) in [5.41, 5.74) is 6.94. The molecular weight excluding hydrogens is 176 g/mol. The van der Waals surface area contributed by atoms with Crippen molar-refractivity contribution in [3.63, 3.8) is 0 Å². The summed E-state index contributed by atoms with van der Waals surface area (Å²) in [6.45, 7) is 4.14. The van der Waals surface area contributed by atoms with Gasteiger partial charge >= 0.3 is 0 Å². The van der Waals surface area contributed by atoms with Crippen molar-refractivity contribution in [3.05, 3.63) is 18.2 Å². The Morgan fingerprint density at radius 3 is 3.07 bits per heavy atom. The van der Waals surface area contributed by atoms with Gasteiger partial charge in [0, 0.05) is 26.3 Å². The van der Waals surface area contributed by atoms with Crippen LogP contribution in [0.15, 0.2) is 12.5 Å². The maximum atomic E-state index is 5.66. The highest BCUT2D eigenvalue weighted by molar-refractivity contribution is 4.98. The first-order chi connectivity index (χ1) is 6.79. The molecule has 78 valence electrons. The zero-order chi connectivity index (χ0) is 9.97. The third kappa shape index (κ3) is 1.96. The molecule has 14 heavy (non-hydrogen) atoms. The van der Waals surface area contributed by atoms with E-state index in [0.29, 0.717) is 5.92 Å². The van der Waals surface area contributed by atoms with Crippen LogP contribution in [0.4, 0.5) is 0 Å². The fraction of sp³-hybridized carbons (Fsp3) is 0.700. The summed E-state index contributed by atoms with van der Waals surface area (Å²) < 4.78 is 2.08. The number of imidazole rings is 1. The number of hydrogen-bond donors (Lipinski definition) is 1. The van der Waals surface area contributed by atoms with Gasteiger partial charge in [-0.3, -0.25) is 4.90 Å². The maximum Gasteiger partial charge on any atom is 0.0945 e. The molecule has 1 saturated heterocycles. The third-order valence-corrected chi connectivity index (χ3v) is 3.01. The van der Waals surface area contributed by atoms with E-state index >= 15 is 0 Å². The number of aromatic nitrogens is 2. The summed E-state index contributed by atoms with van der Waals surface area (Å²) in [6, 6.07) is 0. The van der Waals surface area contributed by atoms with E-state index in [1.807, 2.05) is 19.6 Å². The van der Waals surface area contributed by atoms with E-state index in [4.69, 9.17) is 5.73 Å². The molecule has 1 aliphatic heterocycles. The summed E-state index contributed by atoms with van der Waals surface area (Å²) in [4.78, 5) is 6.57. The van der Waals surface area contributed by atoms with Crippen molar-refractivity contribution in [2.24, 2.45) is 18.7 Å². The van der Waals surface area contributed by atoms with Crippen molar-refractivity contribution >= 4 is 0 Å². The Hall–Kier alpha value is -0.870. The highest BCUT2D eigenvalue weighted by atomic mass is 15.2. The number of nitrogens with two attached hydrogens (primary N) is 1. The molecule has 1 aromatic heterocycles. The Balaban J connectivity index is 1.90. The van der Waals surface area contributed by atoms with Gasteiger partial charge in [-0.15, -0.1) is 0 Å². The monoisotopic (exact) mass is 194 g/mol. The molecule has 1 atom stereocenters. The third-order valence-electron chi connectivity index (χ3n) is 3.01. The van der Waals surface area contributed by atoms with Crippen molar-refractivity contribution in [3.8, 4) is 0 Å². The molecule has 1 fully saturated rings. The van der Waals surface area contributed by atoms with E-state index in [0.717, 1.165) is 19.6 Å². The minimum Gasteiger partial charge on any atom is -0.337 e. The van der Waals surface area contributed by atoms with Gasteiger partial charge in [0.2, 0.25) is 0 Å². The lowest BCUT2D eigenvalue weighted by Gasteiger charge is -2.15. The molecule has 0 saturated carbocycles. The minimum atomic E-state index is 0.697. The predicted octanol–water partition coefficient (Wildman–Crippen LogP) is 0.201. The molecule has 1 unspecified atom stereocenters. The molecule has 4 nitrogen and oxygen atoms in total. The topological polar surface area (TPSA) is 47.1 Å². The summed E-state index contributed by atoms with van der Waals surface area (Å²) in [6.07, 6.45) is 5.04. The minimum absolute atomic E-state index is 0.697. The van der Waals surface area contributed by atoms with Gasteiger partial charge in [-0.1, -0.05) is 0 Å². The molecular formula is C10H18N4. The van der Waals surface area contributed by atoms with Gasteiger partial charge in [-0.2, -0.15) is 0 Å². The van der Waals surface area contributed by atoms with Crippen LogP contribution in [0.3, 0.4) is 0 Å². The summed E-state index contributed by atoms with van der Waals surface area (Å²) >= 11 is 0. The molecule has 4 heteroatoms. The zero-order valence-corrected chi connectivity index (χ0v) is 8.69. The van der Waals surface area contributed by atoms with Crippen LogP contribution in [-0.4, -0.2) is 34.1 Å². The van der Waals surface area contributed by atoms with Crippen molar-refractivity contribution in [1.82, 2.24) is 14.5 Å². The van der Waals surface area contributed by atoms with E-state index in [-0.39, 0.29) is 0 Å². The Morgan fingerprint density at radius 2 is 2.50 bits per heavy atom. The molecule has 1 aliphatic rings. The highest BCUT2D eigenvalue weighted by Gasteiger charge is 2.21. The van der Waals surface area contributed by atoms with E-state index in [2.05, 4.69) is 14.5 Å². The van der Waals surface area contributed by atoms with Gasteiger partial charge in [0.1, 0.15) is 0 Å². The van der Waals surface area contributed by atoms with E-state index in [9.17, 15) is 0 Å². The van der Waals surface area contributed by atoms with Crippen LogP contribution >= 0.6 is 0 Å². The molecule has 2 heterocycles. The number of rotatable bonds is 3. The van der Waals surface area contributed by atoms with Crippen LogP contribution in [-0.2, 0) is 13.6 Å². The second-order valence-electron chi connectivity index (χ2n) is 4.12.